The summed E-state index contributed by atoms with van der Waals surface area (Å²) in [5, 5.41) is 4.84. The van der Waals surface area contributed by atoms with Crippen LogP contribution >= 0.6 is 22.9 Å². The third kappa shape index (κ3) is 3.59. The fraction of sp³-hybridized carbons (Fsp3) is 0.278. The van der Waals surface area contributed by atoms with Crippen molar-refractivity contribution in [3.05, 3.63) is 58.2 Å². The van der Waals surface area contributed by atoms with Gasteiger partial charge >= 0.3 is 0 Å². The average Bonchev–Trinajstić information content (AvgIpc) is 3.07. The van der Waals surface area contributed by atoms with Gasteiger partial charge in [-0.2, -0.15) is 0 Å². The van der Waals surface area contributed by atoms with E-state index in [9.17, 15) is 4.79 Å². The van der Waals surface area contributed by atoms with Gasteiger partial charge in [0.1, 0.15) is 0 Å². The van der Waals surface area contributed by atoms with Crippen LogP contribution in [0.25, 0.3) is 10.1 Å². The smallest absolute Gasteiger partial charge is 0.261 e. The molecule has 0 unspecified atom stereocenters. The molecule has 1 aromatic carbocycles. The van der Waals surface area contributed by atoms with Crippen LogP contribution < -0.4 is 5.32 Å². The highest BCUT2D eigenvalue weighted by atomic mass is 35.5. The highest BCUT2D eigenvalue weighted by Crippen LogP contribution is 2.28. The second kappa shape index (κ2) is 6.77. The molecular formula is C18H19ClN2OS. The number of carbonyl (C=O) groups is 1. The topological polar surface area (TPSA) is 34.0 Å². The quantitative estimate of drug-likeness (QED) is 0.699. The van der Waals surface area contributed by atoms with E-state index < -0.39 is 0 Å². The molecule has 3 rings (SSSR count). The molecule has 0 saturated carbocycles. The zero-order chi connectivity index (χ0) is 16.4. The first-order valence-electron chi connectivity index (χ1n) is 7.67. The predicted octanol–water partition coefficient (Wildman–Crippen LogP) is 4.91. The van der Waals surface area contributed by atoms with Crippen molar-refractivity contribution in [3.63, 3.8) is 0 Å². The fourth-order valence-electron chi connectivity index (χ4n) is 2.46. The van der Waals surface area contributed by atoms with Crippen molar-refractivity contribution in [2.75, 3.05) is 6.54 Å². The molecule has 0 radical (unpaired) electrons. The molecule has 23 heavy (non-hydrogen) atoms. The zero-order valence-electron chi connectivity index (χ0n) is 13.2. The average molecular weight is 347 g/mol. The van der Waals surface area contributed by atoms with Crippen molar-refractivity contribution < 1.29 is 4.79 Å². The number of nitrogens with one attached hydrogen (secondary N) is 1. The number of hydrogen-bond donors (Lipinski definition) is 1. The van der Waals surface area contributed by atoms with Crippen molar-refractivity contribution in [1.82, 2.24) is 9.88 Å². The minimum absolute atomic E-state index is 0.0191. The Hall–Kier alpha value is -1.78. The summed E-state index contributed by atoms with van der Waals surface area (Å²) >= 11 is 7.66. The number of nitrogens with zero attached hydrogens (tertiary/aromatic N) is 1. The summed E-state index contributed by atoms with van der Waals surface area (Å²) in [4.78, 5) is 13.0. The van der Waals surface area contributed by atoms with E-state index in [4.69, 9.17) is 11.6 Å². The van der Waals surface area contributed by atoms with Crippen molar-refractivity contribution in [2.45, 2.75) is 26.3 Å². The Bertz CT molecular complexity index is 803. The molecule has 120 valence electrons. The van der Waals surface area contributed by atoms with E-state index in [1.54, 1.807) is 0 Å². The second-order valence-electron chi connectivity index (χ2n) is 5.83. The Morgan fingerprint density at radius 3 is 2.78 bits per heavy atom. The lowest BCUT2D eigenvalue weighted by molar-refractivity contribution is 0.0958. The highest BCUT2D eigenvalue weighted by Gasteiger charge is 2.12. The number of carbonyl (C=O) groups excluding carboxylic acids is 1. The second-order valence-corrected chi connectivity index (χ2v) is 7.32. The first-order chi connectivity index (χ1) is 11.0. The van der Waals surface area contributed by atoms with Crippen LogP contribution in [0.2, 0.25) is 5.02 Å². The summed E-state index contributed by atoms with van der Waals surface area (Å²) in [6.45, 7) is 4.87. The molecule has 0 bridgehead atoms. The van der Waals surface area contributed by atoms with E-state index in [0.717, 1.165) is 32.0 Å². The van der Waals surface area contributed by atoms with Crippen molar-refractivity contribution in [3.8, 4) is 0 Å². The Balaban J connectivity index is 1.62. The Morgan fingerprint density at radius 1 is 1.30 bits per heavy atom. The molecule has 0 aliphatic rings. The number of hydrogen-bond acceptors (Lipinski definition) is 2. The zero-order valence-corrected chi connectivity index (χ0v) is 14.7. The maximum absolute atomic E-state index is 12.3. The number of aromatic nitrogens is 1. The summed E-state index contributed by atoms with van der Waals surface area (Å²) < 4.78 is 3.32. The van der Waals surface area contributed by atoms with Gasteiger partial charge in [0.2, 0.25) is 0 Å². The van der Waals surface area contributed by atoms with Crippen LogP contribution in [-0.4, -0.2) is 17.0 Å². The molecule has 5 heteroatoms. The van der Waals surface area contributed by atoms with E-state index >= 15 is 0 Å². The van der Waals surface area contributed by atoms with Gasteiger partial charge in [-0.1, -0.05) is 29.8 Å². The third-order valence-corrected chi connectivity index (χ3v) is 5.26. The Morgan fingerprint density at radius 2 is 2.09 bits per heavy atom. The molecule has 0 saturated heterocycles. The summed E-state index contributed by atoms with van der Waals surface area (Å²) in [6.07, 6.45) is 4.93. The van der Waals surface area contributed by atoms with Gasteiger partial charge in [0.25, 0.3) is 5.91 Å². The molecular weight excluding hydrogens is 328 g/mol. The minimum Gasteiger partial charge on any atom is -0.351 e. The van der Waals surface area contributed by atoms with Crippen LogP contribution in [0.5, 0.6) is 0 Å². The first kappa shape index (κ1) is 16.1. The number of halogens is 1. The number of thiophene rings is 1. The lowest BCUT2D eigenvalue weighted by Crippen LogP contribution is -2.24. The maximum Gasteiger partial charge on any atom is 0.261 e. The number of fused-ring (bicyclic) bond motifs is 1. The van der Waals surface area contributed by atoms with E-state index in [0.29, 0.717) is 12.6 Å². The molecule has 1 N–H and O–H groups in total. The normalized spacial score (nSPS) is 11.3. The summed E-state index contributed by atoms with van der Waals surface area (Å²) in [6, 6.07) is 10.1. The van der Waals surface area contributed by atoms with Crippen LogP contribution in [0.1, 0.15) is 35.1 Å². The molecule has 3 nitrogen and oxygen atoms in total. The van der Waals surface area contributed by atoms with Gasteiger partial charge in [-0.25, -0.2) is 0 Å². The van der Waals surface area contributed by atoms with Gasteiger partial charge < -0.3 is 9.88 Å². The standard InChI is InChI=1S/C18H19ClN2OS/c1-12(2)21-10-14-9-16(23-17(14)11-21)18(22)20-8-7-13-5-3-4-6-15(13)19/h3-6,9-12H,7-8H2,1-2H3,(H,20,22). The van der Waals surface area contributed by atoms with Crippen LogP contribution in [0.15, 0.2) is 42.7 Å². The molecule has 2 aromatic heterocycles. The lowest BCUT2D eigenvalue weighted by atomic mass is 10.1. The van der Waals surface area contributed by atoms with Gasteiger partial charge in [0.15, 0.2) is 0 Å². The largest absolute Gasteiger partial charge is 0.351 e. The van der Waals surface area contributed by atoms with E-state index in [1.807, 2.05) is 30.3 Å². The minimum atomic E-state index is -0.0191. The molecule has 0 aliphatic carbocycles. The van der Waals surface area contributed by atoms with E-state index in [-0.39, 0.29) is 5.91 Å². The number of benzene rings is 1. The van der Waals surface area contributed by atoms with Crippen LogP contribution in [0.3, 0.4) is 0 Å². The van der Waals surface area contributed by atoms with Gasteiger partial charge in [-0.3, -0.25) is 4.79 Å². The van der Waals surface area contributed by atoms with Crippen molar-refractivity contribution in [1.29, 1.82) is 0 Å². The van der Waals surface area contributed by atoms with Gasteiger partial charge in [0.05, 0.1) is 9.58 Å². The maximum atomic E-state index is 12.3. The monoisotopic (exact) mass is 346 g/mol. The predicted molar refractivity (Wildman–Crippen MR) is 97.7 cm³/mol. The SMILES string of the molecule is CC(C)n1cc2cc(C(=O)NCCc3ccccc3Cl)sc2c1. The van der Waals surface area contributed by atoms with E-state index in [1.165, 1.54) is 11.3 Å². The molecule has 0 fully saturated rings. The van der Waals surface area contributed by atoms with Gasteiger partial charge in [-0.15, -0.1) is 11.3 Å². The van der Waals surface area contributed by atoms with Crippen molar-refractivity contribution >= 4 is 38.9 Å². The van der Waals surface area contributed by atoms with Crippen LogP contribution in [0, 0.1) is 0 Å². The molecule has 3 aromatic rings. The Kier molecular flexibility index (Phi) is 4.74. The molecule has 0 aliphatic heterocycles. The molecule has 0 atom stereocenters. The lowest BCUT2D eigenvalue weighted by Gasteiger charge is -2.06. The number of amides is 1. The van der Waals surface area contributed by atoms with Gasteiger partial charge in [-0.05, 0) is 38.0 Å². The molecule has 2 heterocycles. The highest BCUT2D eigenvalue weighted by molar-refractivity contribution is 7.20. The Labute approximate surface area is 144 Å². The van der Waals surface area contributed by atoms with Crippen molar-refractivity contribution in [2.24, 2.45) is 0 Å². The van der Waals surface area contributed by atoms with E-state index in [2.05, 4.69) is 36.1 Å². The molecule has 0 spiro atoms. The fourth-order valence-corrected chi connectivity index (χ4v) is 3.69. The first-order valence-corrected chi connectivity index (χ1v) is 8.86. The summed E-state index contributed by atoms with van der Waals surface area (Å²) in [5.41, 5.74) is 1.05. The molecule has 1 amide bonds. The summed E-state index contributed by atoms with van der Waals surface area (Å²) in [7, 11) is 0. The van der Waals surface area contributed by atoms with Crippen LogP contribution in [0.4, 0.5) is 0 Å². The van der Waals surface area contributed by atoms with Crippen LogP contribution in [-0.2, 0) is 6.42 Å². The third-order valence-electron chi connectivity index (χ3n) is 3.80. The number of rotatable bonds is 5. The summed E-state index contributed by atoms with van der Waals surface area (Å²) in [5.74, 6) is -0.0191. The van der Waals surface area contributed by atoms with Gasteiger partial charge in [0, 0.05) is 35.4 Å².